The van der Waals surface area contributed by atoms with Crippen molar-refractivity contribution in [2.75, 3.05) is 10.6 Å². The van der Waals surface area contributed by atoms with Gasteiger partial charge in [-0.15, -0.1) is 0 Å². The maximum absolute atomic E-state index is 14.3. The van der Waals surface area contributed by atoms with Gasteiger partial charge in [0.05, 0.1) is 45.4 Å². The summed E-state index contributed by atoms with van der Waals surface area (Å²) in [5.74, 6) is -2.79. The normalized spacial score (nSPS) is 13.1. The molecule has 0 saturated heterocycles. The van der Waals surface area contributed by atoms with Crippen LogP contribution in [0.15, 0.2) is 95.0 Å². The number of H-pyrrole nitrogens is 2. The molecule has 1 amide bonds. The van der Waals surface area contributed by atoms with Crippen molar-refractivity contribution < 1.29 is 42.3 Å². The Morgan fingerprint density at radius 1 is 0.667 bits per heavy atom. The number of nitrogens with zero attached hydrogens (tertiary/aromatic N) is 2. The van der Waals surface area contributed by atoms with Gasteiger partial charge in [-0.05, 0) is 86.3 Å². The molecule has 2 fully saturated rings. The molecule has 0 unspecified atom stereocenters. The SMILES string of the molecule is NC(=O)c1cnccc1Nc1cc(-c2cc(Cl)ccc2F)c(=O)[nH]c1C1CC1.O=C([O-])c1cnccc1Nc1cc(-c2cc(Cl)ccc2F)c(=O)[nH]c1C1CC1.[Li+]. The first-order valence-corrected chi connectivity index (χ1v) is 18.0. The smallest absolute Gasteiger partial charge is 0.545 e. The summed E-state index contributed by atoms with van der Waals surface area (Å²) in [5.41, 5.74) is 8.21. The average molecular weight is 805 g/mol. The first kappa shape index (κ1) is 40.9. The van der Waals surface area contributed by atoms with Gasteiger partial charge >= 0.3 is 18.9 Å². The van der Waals surface area contributed by atoms with Crippen molar-refractivity contribution >= 4 is 57.8 Å². The van der Waals surface area contributed by atoms with Gasteiger partial charge in [-0.2, -0.15) is 0 Å². The molecule has 0 radical (unpaired) electrons. The fraction of sp³-hybridized carbons (Fsp3) is 0.150. The van der Waals surface area contributed by atoms with E-state index in [-0.39, 0.29) is 69.8 Å². The summed E-state index contributed by atoms with van der Waals surface area (Å²) in [6.45, 7) is 0. The van der Waals surface area contributed by atoms with E-state index in [9.17, 15) is 33.1 Å². The van der Waals surface area contributed by atoms with Gasteiger partial charge in [0.2, 0.25) is 0 Å². The molecule has 4 heterocycles. The molecule has 6 aromatic rings. The van der Waals surface area contributed by atoms with Crippen LogP contribution in [0, 0.1) is 11.6 Å². The van der Waals surface area contributed by atoms with E-state index in [4.69, 9.17) is 28.9 Å². The van der Waals surface area contributed by atoms with Crippen LogP contribution in [0.3, 0.4) is 0 Å². The third-order valence-electron chi connectivity index (χ3n) is 9.22. The monoisotopic (exact) mass is 803 g/mol. The predicted octanol–water partition coefficient (Wildman–Crippen LogP) is 4.17. The summed E-state index contributed by atoms with van der Waals surface area (Å²) in [5, 5.41) is 18.1. The first-order chi connectivity index (χ1) is 26.9. The Morgan fingerprint density at radius 3 is 1.49 bits per heavy atom. The number of halogens is 4. The van der Waals surface area contributed by atoms with Gasteiger partial charge in [0.1, 0.15) is 11.6 Å². The van der Waals surface area contributed by atoms with Crippen LogP contribution in [-0.2, 0) is 0 Å². The molecule has 2 aliphatic carbocycles. The topological polar surface area (TPSA) is 199 Å². The number of aromatic nitrogens is 4. The Morgan fingerprint density at radius 2 is 1.09 bits per heavy atom. The minimum atomic E-state index is -1.38. The molecule has 0 spiro atoms. The summed E-state index contributed by atoms with van der Waals surface area (Å²) in [7, 11) is 0. The number of primary amides is 1. The first-order valence-electron chi connectivity index (χ1n) is 17.3. The van der Waals surface area contributed by atoms with Gasteiger partial charge in [0.25, 0.3) is 17.0 Å². The fourth-order valence-corrected chi connectivity index (χ4v) is 6.49. The van der Waals surface area contributed by atoms with Crippen molar-refractivity contribution in [3.05, 3.63) is 150 Å². The van der Waals surface area contributed by atoms with Gasteiger partial charge in [0, 0.05) is 74.7 Å². The largest absolute Gasteiger partial charge is 1.00 e. The molecule has 57 heavy (non-hydrogen) atoms. The van der Waals surface area contributed by atoms with Gasteiger partial charge in [0.15, 0.2) is 0 Å². The molecular formula is C40H30Cl2F2LiN7O5. The van der Waals surface area contributed by atoms with E-state index in [1.807, 2.05) is 0 Å². The number of benzene rings is 2. The summed E-state index contributed by atoms with van der Waals surface area (Å²) in [6, 6.07) is 14.2. The van der Waals surface area contributed by atoms with Gasteiger partial charge in [-0.25, -0.2) is 8.78 Å². The van der Waals surface area contributed by atoms with Crippen LogP contribution in [0.5, 0.6) is 0 Å². The van der Waals surface area contributed by atoms with Crippen LogP contribution in [0.1, 0.15) is 69.6 Å². The number of rotatable bonds is 10. The van der Waals surface area contributed by atoms with Crippen molar-refractivity contribution in [2.45, 2.75) is 37.5 Å². The molecule has 0 atom stereocenters. The number of nitrogens with one attached hydrogen (secondary N) is 4. The number of aromatic carboxylic acids is 1. The Bertz CT molecular complexity index is 2470. The van der Waals surface area contributed by atoms with E-state index < -0.39 is 34.6 Å². The summed E-state index contributed by atoms with van der Waals surface area (Å²) in [4.78, 5) is 61.7. The number of carboxylic acid groups (broad SMARTS) is 1. The van der Waals surface area contributed by atoms with E-state index in [1.165, 1.54) is 73.3 Å². The molecule has 2 aliphatic rings. The Balaban J connectivity index is 0.000000189. The zero-order valence-corrected chi connectivity index (χ0v) is 31.6. The number of aromatic amines is 2. The molecule has 17 heteroatoms. The number of amides is 1. The third kappa shape index (κ3) is 9.27. The second kappa shape index (κ2) is 17.2. The molecule has 284 valence electrons. The molecule has 2 aromatic carbocycles. The molecule has 12 nitrogen and oxygen atoms in total. The minimum absolute atomic E-state index is 0. The quantitative estimate of drug-likeness (QED) is 0.126. The molecule has 0 aliphatic heterocycles. The van der Waals surface area contributed by atoms with Crippen molar-refractivity contribution in [1.82, 2.24) is 19.9 Å². The summed E-state index contributed by atoms with van der Waals surface area (Å²) in [6.07, 6.45) is 9.19. The van der Waals surface area contributed by atoms with E-state index in [0.29, 0.717) is 38.5 Å². The van der Waals surface area contributed by atoms with Crippen molar-refractivity contribution in [3.8, 4) is 22.3 Å². The molecule has 0 bridgehead atoms. The standard InChI is InChI=1S/C20H16ClFN4O2.C20H15ClFN3O3.Li/c21-11-3-4-15(22)12(7-11)13-8-17(18(10-1-2-10)26-20(13)28)25-16-5-6-24-9-14(16)19(23)27;21-11-3-4-15(22)12(7-11)13-8-17(18(10-1-2-10)25-19(13)26)24-16-5-6-23-9-14(16)20(27)28;/h3-10H,1-2H2,(H2,23,27)(H,24,25)(H,26,28);3-10H,1-2H2,(H,23,24)(H,25,26)(H,27,28);/q;;+1/p-1. The zero-order valence-electron chi connectivity index (χ0n) is 30.1. The van der Waals surface area contributed by atoms with Gasteiger partial charge < -0.3 is 36.2 Å². The number of anilines is 4. The summed E-state index contributed by atoms with van der Waals surface area (Å²) < 4.78 is 28.6. The van der Waals surface area contributed by atoms with Crippen LogP contribution in [0.2, 0.25) is 10.0 Å². The van der Waals surface area contributed by atoms with Gasteiger partial charge in [-0.3, -0.25) is 24.4 Å². The number of hydrogen-bond donors (Lipinski definition) is 5. The molecule has 8 rings (SSSR count). The molecular weight excluding hydrogens is 774 g/mol. The van der Waals surface area contributed by atoms with Crippen molar-refractivity contribution in [2.24, 2.45) is 5.73 Å². The van der Waals surface area contributed by atoms with Crippen LogP contribution in [-0.4, -0.2) is 31.8 Å². The van der Waals surface area contributed by atoms with Crippen LogP contribution in [0.4, 0.5) is 31.5 Å². The second-order valence-corrected chi connectivity index (χ2v) is 14.1. The maximum atomic E-state index is 14.3. The number of pyridine rings is 4. The Hall–Kier alpha value is -5.78. The Kier molecular flexibility index (Phi) is 12.3. The van der Waals surface area contributed by atoms with E-state index in [2.05, 4.69) is 30.6 Å². The molecule has 6 N–H and O–H groups in total. The molecule has 2 saturated carbocycles. The van der Waals surface area contributed by atoms with Crippen molar-refractivity contribution in [3.63, 3.8) is 0 Å². The number of carbonyl (C=O) groups excluding carboxylic acids is 2. The zero-order chi connectivity index (χ0) is 39.7. The predicted molar refractivity (Wildman–Crippen MR) is 207 cm³/mol. The number of carbonyl (C=O) groups is 2. The fourth-order valence-electron chi connectivity index (χ4n) is 6.15. The number of carboxylic acids is 1. The van der Waals surface area contributed by atoms with Crippen LogP contribution in [0.25, 0.3) is 22.3 Å². The number of nitrogens with two attached hydrogens (primary N) is 1. The average Bonchev–Trinajstić information content (AvgIpc) is 4.11. The Labute approximate surface area is 345 Å². The summed E-state index contributed by atoms with van der Waals surface area (Å²) >= 11 is 11.9. The van der Waals surface area contributed by atoms with Crippen molar-refractivity contribution in [1.29, 1.82) is 0 Å². The second-order valence-electron chi connectivity index (χ2n) is 13.2. The minimum Gasteiger partial charge on any atom is -0.545 e. The maximum Gasteiger partial charge on any atom is 1.00 e. The van der Waals surface area contributed by atoms with E-state index in [0.717, 1.165) is 25.7 Å². The van der Waals surface area contributed by atoms with Crippen LogP contribution < -0.4 is 51.5 Å². The molecule has 4 aromatic heterocycles. The van der Waals surface area contributed by atoms with Crippen LogP contribution >= 0.6 is 23.2 Å². The van der Waals surface area contributed by atoms with Gasteiger partial charge in [-0.1, -0.05) is 23.2 Å². The van der Waals surface area contributed by atoms with E-state index >= 15 is 0 Å². The van der Waals surface area contributed by atoms with E-state index in [1.54, 1.807) is 12.1 Å². The number of hydrogen-bond acceptors (Lipinski definition) is 9. The third-order valence-corrected chi connectivity index (χ3v) is 9.69.